The van der Waals surface area contributed by atoms with Crippen LogP contribution >= 0.6 is 23.2 Å². The highest BCUT2D eigenvalue weighted by Gasteiger charge is 2.11. The Kier molecular flexibility index (Phi) is 3.51. The third kappa shape index (κ3) is 2.57. The van der Waals surface area contributed by atoms with Crippen molar-refractivity contribution >= 4 is 28.9 Å². The number of nitrogens with zero attached hydrogens (tertiary/aromatic N) is 1. The molecule has 0 N–H and O–H groups in total. The van der Waals surface area contributed by atoms with Crippen molar-refractivity contribution in [2.75, 3.05) is 5.88 Å². The normalized spacial score (nSPS) is 10.0. The Balaban J connectivity index is 3.04. The Morgan fingerprint density at radius 1 is 1.46 bits per heavy atom. The van der Waals surface area contributed by atoms with E-state index in [1.165, 1.54) is 12.1 Å². The molecule has 1 aromatic rings. The number of rotatable bonds is 3. The number of nitro benzene ring substituents is 1. The molecule has 0 saturated carbocycles. The Morgan fingerprint density at radius 2 is 2.15 bits per heavy atom. The molecule has 0 amide bonds. The van der Waals surface area contributed by atoms with Gasteiger partial charge < -0.3 is 0 Å². The first-order chi connectivity index (χ1) is 6.15. The molecule has 0 atom stereocenters. The van der Waals surface area contributed by atoms with Gasteiger partial charge in [-0.25, -0.2) is 0 Å². The van der Waals surface area contributed by atoms with Crippen LogP contribution in [0.15, 0.2) is 18.2 Å². The highest BCUT2D eigenvalue weighted by Crippen LogP contribution is 2.25. The summed E-state index contributed by atoms with van der Waals surface area (Å²) in [5.41, 5.74) is 0.760. The molecule has 0 spiro atoms. The average Bonchev–Trinajstić information content (AvgIpc) is 2.08. The molecule has 1 rings (SSSR count). The third-order valence-electron chi connectivity index (χ3n) is 1.59. The van der Waals surface area contributed by atoms with E-state index in [2.05, 4.69) is 0 Å². The highest BCUT2D eigenvalue weighted by atomic mass is 35.5. The van der Waals surface area contributed by atoms with E-state index in [0.717, 1.165) is 5.56 Å². The van der Waals surface area contributed by atoms with Crippen LogP contribution in [0.4, 0.5) is 5.69 Å². The smallest absolute Gasteiger partial charge is 0.258 e. The summed E-state index contributed by atoms with van der Waals surface area (Å²) in [5.74, 6) is 0.443. The number of halogens is 2. The number of alkyl halides is 1. The van der Waals surface area contributed by atoms with E-state index >= 15 is 0 Å². The summed E-state index contributed by atoms with van der Waals surface area (Å²) in [4.78, 5) is 9.97. The van der Waals surface area contributed by atoms with Crippen molar-refractivity contribution in [1.82, 2.24) is 0 Å². The van der Waals surface area contributed by atoms with Gasteiger partial charge in [-0.15, -0.1) is 11.6 Å². The van der Waals surface area contributed by atoms with Gasteiger partial charge >= 0.3 is 0 Å². The van der Waals surface area contributed by atoms with E-state index in [1.807, 2.05) is 0 Å². The predicted molar refractivity (Wildman–Crippen MR) is 52.5 cm³/mol. The summed E-state index contributed by atoms with van der Waals surface area (Å²) in [6.45, 7) is 0. The van der Waals surface area contributed by atoms with Gasteiger partial charge in [-0.1, -0.05) is 17.7 Å². The Bertz CT molecular complexity index is 328. The first kappa shape index (κ1) is 10.3. The molecule has 0 unspecified atom stereocenters. The summed E-state index contributed by atoms with van der Waals surface area (Å²) < 4.78 is 0. The molecule has 0 aliphatic carbocycles. The molecule has 0 saturated heterocycles. The zero-order chi connectivity index (χ0) is 9.84. The van der Waals surface area contributed by atoms with Crippen LogP contribution in [0.1, 0.15) is 5.56 Å². The number of nitro groups is 1. The van der Waals surface area contributed by atoms with Crippen molar-refractivity contribution in [3.8, 4) is 0 Å². The molecule has 1 aromatic carbocycles. The van der Waals surface area contributed by atoms with E-state index in [1.54, 1.807) is 6.07 Å². The molecule has 5 heteroatoms. The van der Waals surface area contributed by atoms with E-state index in [0.29, 0.717) is 12.3 Å². The minimum absolute atomic E-state index is 0.0655. The van der Waals surface area contributed by atoms with Gasteiger partial charge in [-0.2, -0.15) is 0 Å². The predicted octanol–water partition coefficient (Wildman–Crippen LogP) is 3.03. The molecule has 0 bridgehead atoms. The van der Waals surface area contributed by atoms with Crippen LogP contribution in [-0.2, 0) is 6.42 Å². The summed E-state index contributed by atoms with van der Waals surface area (Å²) in [7, 11) is 0. The quantitative estimate of drug-likeness (QED) is 0.446. The van der Waals surface area contributed by atoms with Crippen molar-refractivity contribution < 1.29 is 4.92 Å². The third-order valence-corrected chi connectivity index (χ3v) is 2.10. The SMILES string of the molecule is O=[N+]([O-])c1cc(CCCl)ccc1Cl. The minimum Gasteiger partial charge on any atom is -0.258 e. The maximum Gasteiger partial charge on any atom is 0.288 e. The summed E-state index contributed by atoms with van der Waals surface area (Å²) in [6.07, 6.45) is 0.611. The largest absolute Gasteiger partial charge is 0.288 e. The van der Waals surface area contributed by atoms with E-state index in [4.69, 9.17) is 23.2 Å². The number of benzene rings is 1. The summed E-state index contributed by atoms with van der Waals surface area (Å²) in [6, 6.07) is 4.70. The molecule has 13 heavy (non-hydrogen) atoms. The van der Waals surface area contributed by atoms with Crippen LogP contribution < -0.4 is 0 Å². The van der Waals surface area contributed by atoms with Crippen LogP contribution in [0.3, 0.4) is 0 Å². The zero-order valence-corrected chi connectivity index (χ0v) is 8.18. The van der Waals surface area contributed by atoms with Gasteiger partial charge in [-0.3, -0.25) is 10.1 Å². The Hall–Kier alpha value is -0.800. The fraction of sp³-hybridized carbons (Fsp3) is 0.250. The molecule has 0 radical (unpaired) electrons. The van der Waals surface area contributed by atoms with E-state index < -0.39 is 4.92 Å². The van der Waals surface area contributed by atoms with Crippen molar-refractivity contribution in [2.24, 2.45) is 0 Å². The van der Waals surface area contributed by atoms with E-state index in [9.17, 15) is 10.1 Å². The fourth-order valence-electron chi connectivity index (χ4n) is 0.963. The first-order valence-electron chi connectivity index (χ1n) is 3.64. The topological polar surface area (TPSA) is 43.1 Å². The lowest BCUT2D eigenvalue weighted by Gasteiger charge is -1.99. The highest BCUT2D eigenvalue weighted by molar-refractivity contribution is 6.32. The lowest BCUT2D eigenvalue weighted by Crippen LogP contribution is -1.92. The first-order valence-corrected chi connectivity index (χ1v) is 4.55. The molecule has 70 valence electrons. The average molecular weight is 220 g/mol. The second kappa shape index (κ2) is 4.44. The maximum atomic E-state index is 10.5. The minimum atomic E-state index is -0.500. The molecule has 3 nitrogen and oxygen atoms in total. The van der Waals surface area contributed by atoms with Gasteiger partial charge in [0.25, 0.3) is 5.69 Å². The monoisotopic (exact) mass is 219 g/mol. The van der Waals surface area contributed by atoms with Crippen molar-refractivity contribution in [1.29, 1.82) is 0 Å². The molecule has 0 fully saturated rings. The standard InChI is InChI=1S/C8H7Cl2NO2/c9-4-3-6-1-2-7(10)8(5-6)11(12)13/h1-2,5H,3-4H2. The molecule has 0 heterocycles. The van der Waals surface area contributed by atoms with Crippen LogP contribution in [0.2, 0.25) is 5.02 Å². The van der Waals surface area contributed by atoms with Gasteiger partial charge in [-0.05, 0) is 18.1 Å². The maximum absolute atomic E-state index is 10.5. The van der Waals surface area contributed by atoms with E-state index in [-0.39, 0.29) is 10.7 Å². The van der Waals surface area contributed by atoms with Crippen LogP contribution in [0, 0.1) is 10.1 Å². The zero-order valence-electron chi connectivity index (χ0n) is 6.67. The van der Waals surface area contributed by atoms with Gasteiger partial charge in [0.2, 0.25) is 0 Å². The lowest BCUT2D eigenvalue weighted by molar-refractivity contribution is -0.384. The van der Waals surface area contributed by atoms with Crippen LogP contribution in [-0.4, -0.2) is 10.8 Å². The van der Waals surface area contributed by atoms with Crippen molar-refractivity contribution in [3.05, 3.63) is 38.9 Å². The van der Waals surface area contributed by atoms with Gasteiger partial charge in [0.05, 0.1) is 4.92 Å². The number of hydrogen-bond acceptors (Lipinski definition) is 2. The summed E-state index contributed by atoms with van der Waals surface area (Å²) >= 11 is 11.1. The van der Waals surface area contributed by atoms with Crippen molar-refractivity contribution in [3.63, 3.8) is 0 Å². The fourth-order valence-corrected chi connectivity index (χ4v) is 1.37. The van der Waals surface area contributed by atoms with Crippen LogP contribution in [0.25, 0.3) is 0 Å². The molecular formula is C8H7Cl2NO2. The van der Waals surface area contributed by atoms with Crippen LogP contribution in [0.5, 0.6) is 0 Å². The lowest BCUT2D eigenvalue weighted by atomic mass is 10.1. The van der Waals surface area contributed by atoms with Gasteiger partial charge in [0, 0.05) is 11.9 Å². The Labute approximate surface area is 85.4 Å². The van der Waals surface area contributed by atoms with Gasteiger partial charge in [0.15, 0.2) is 0 Å². The summed E-state index contributed by atoms with van der Waals surface area (Å²) in [5, 5.41) is 10.6. The Morgan fingerprint density at radius 3 is 2.69 bits per heavy atom. The molecule has 0 aliphatic rings. The molecule has 0 aromatic heterocycles. The van der Waals surface area contributed by atoms with Crippen molar-refractivity contribution in [2.45, 2.75) is 6.42 Å². The molecule has 0 aliphatic heterocycles. The number of aryl methyl sites for hydroxylation is 1. The second-order valence-corrected chi connectivity index (χ2v) is 3.27. The van der Waals surface area contributed by atoms with Gasteiger partial charge in [0.1, 0.15) is 5.02 Å². The second-order valence-electron chi connectivity index (χ2n) is 2.48. The number of hydrogen-bond donors (Lipinski definition) is 0. The molecular weight excluding hydrogens is 213 g/mol.